The summed E-state index contributed by atoms with van der Waals surface area (Å²) in [5.41, 5.74) is 5.00. The van der Waals surface area contributed by atoms with E-state index < -0.39 is 0 Å². The molecular weight excluding hydrogens is 414 g/mol. The highest BCUT2D eigenvalue weighted by Crippen LogP contribution is 2.35. The minimum atomic E-state index is 0.516. The Kier molecular flexibility index (Phi) is 3.38. The van der Waals surface area contributed by atoms with Gasteiger partial charge in [0.05, 0.1) is 21.9 Å². The summed E-state index contributed by atoms with van der Waals surface area (Å²) in [6, 6.07) is 2.09. The minimum Gasteiger partial charge on any atom is -0.261 e. The molecule has 9 heteroatoms. The molecule has 26 heavy (non-hydrogen) atoms. The molecule has 0 unspecified atom stereocenters. The van der Waals surface area contributed by atoms with Crippen LogP contribution in [0.5, 0.6) is 0 Å². The van der Waals surface area contributed by atoms with Gasteiger partial charge in [0.25, 0.3) is 0 Å². The first-order valence-corrected chi connectivity index (χ1v) is 9.71. The van der Waals surface area contributed by atoms with Crippen molar-refractivity contribution in [2.75, 3.05) is 0 Å². The molecule has 0 radical (unpaired) electrons. The average molecular weight is 428 g/mol. The second-order valence-corrected chi connectivity index (χ2v) is 8.17. The molecule has 130 valence electrons. The van der Waals surface area contributed by atoms with Crippen molar-refractivity contribution in [1.29, 1.82) is 0 Å². The zero-order valence-corrected chi connectivity index (χ0v) is 16.8. The fourth-order valence-electron chi connectivity index (χ4n) is 3.20. The van der Waals surface area contributed by atoms with Crippen molar-refractivity contribution in [2.45, 2.75) is 27.3 Å². The predicted molar refractivity (Wildman–Crippen MR) is 105 cm³/mol. The highest BCUT2D eigenvalue weighted by molar-refractivity contribution is 9.10. The smallest absolute Gasteiger partial charge is 0.176 e. The molecule has 0 aliphatic heterocycles. The minimum absolute atomic E-state index is 0.516. The van der Waals surface area contributed by atoms with E-state index in [0.29, 0.717) is 12.4 Å². The van der Waals surface area contributed by atoms with Crippen LogP contribution in [-0.4, -0.2) is 34.3 Å². The molecule has 0 amide bonds. The van der Waals surface area contributed by atoms with Crippen LogP contribution in [0.2, 0.25) is 0 Å². The van der Waals surface area contributed by atoms with E-state index in [2.05, 4.69) is 49.1 Å². The summed E-state index contributed by atoms with van der Waals surface area (Å²) in [6.45, 7) is 6.64. The Labute approximate surface area is 160 Å². The van der Waals surface area contributed by atoms with Gasteiger partial charge in [-0.15, -0.1) is 16.4 Å². The molecular formula is C17H14BrN7S. The molecule has 7 nitrogen and oxygen atoms in total. The molecule has 0 aliphatic rings. The van der Waals surface area contributed by atoms with E-state index in [4.69, 9.17) is 4.98 Å². The van der Waals surface area contributed by atoms with Gasteiger partial charge in [-0.1, -0.05) is 0 Å². The summed E-state index contributed by atoms with van der Waals surface area (Å²) >= 11 is 5.10. The number of aromatic nitrogens is 7. The van der Waals surface area contributed by atoms with Gasteiger partial charge in [0.15, 0.2) is 11.5 Å². The number of aryl methyl sites for hydroxylation is 2. The lowest BCUT2D eigenvalue weighted by Gasteiger charge is -1.99. The predicted octanol–water partition coefficient (Wildman–Crippen LogP) is 3.82. The maximum Gasteiger partial charge on any atom is 0.176 e. The van der Waals surface area contributed by atoms with Crippen molar-refractivity contribution in [1.82, 2.24) is 34.3 Å². The number of fused-ring (bicyclic) bond motifs is 5. The number of pyridine rings is 1. The highest BCUT2D eigenvalue weighted by atomic mass is 79.9. The lowest BCUT2D eigenvalue weighted by atomic mass is 10.1. The molecule has 5 heterocycles. The first-order chi connectivity index (χ1) is 12.5. The Bertz CT molecular complexity index is 1310. The Hall–Kier alpha value is -2.39. The zero-order valence-electron chi connectivity index (χ0n) is 14.4. The summed E-state index contributed by atoms with van der Waals surface area (Å²) < 4.78 is 5.61. The van der Waals surface area contributed by atoms with Crippen molar-refractivity contribution < 1.29 is 0 Å². The van der Waals surface area contributed by atoms with E-state index in [1.54, 1.807) is 28.4 Å². The molecule has 0 fully saturated rings. The summed E-state index contributed by atoms with van der Waals surface area (Å²) in [4.78, 5) is 15.0. The number of nitrogens with zero attached hydrogens (tertiary/aromatic N) is 7. The summed E-state index contributed by atoms with van der Waals surface area (Å²) in [5, 5.41) is 10.0. The van der Waals surface area contributed by atoms with Gasteiger partial charge >= 0.3 is 0 Å². The quantitative estimate of drug-likeness (QED) is 0.428. The van der Waals surface area contributed by atoms with Crippen LogP contribution >= 0.6 is 27.3 Å². The maximum absolute atomic E-state index is 4.75. The van der Waals surface area contributed by atoms with E-state index in [-0.39, 0.29) is 0 Å². The third kappa shape index (κ3) is 2.27. The van der Waals surface area contributed by atoms with Gasteiger partial charge in [-0.3, -0.25) is 4.68 Å². The summed E-state index contributed by atoms with van der Waals surface area (Å²) in [7, 11) is 0. The van der Waals surface area contributed by atoms with Gasteiger partial charge in [-0.05, 0) is 48.3 Å². The molecule has 0 aliphatic carbocycles. The average Bonchev–Trinajstić information content (AvgIpc) is 3.25. The summed E-state index contributed by atoms with van der Waals surface area (Å²) in [6.07, 6.45) is 3.51. The number of thiophene rings is 1. The van der Waals surface area contributed by atoms with Crippen LogP contribution in [0.25, 0.3) is 26.1 Å². The molecule has 0 spiro atoms. The van der Waals surface area contributed by atoms with Gasteiger partial charge in [-0.2, -0.15) is 5.10 Å². The van der Waals surface area contributed by atoms with Crippen molar-refractivity contribution in [3.8, 4) is 0 Å². The normalized spacial score (nSPS) is 12.0. The van der Waals surface area contributed by atoms with E-state index in [1.165, 1.54) is 5.56 Å². The third-order valence-electron chi connectivity index (χ3n) is 4.47. The monoisotopic (exact) mass is 427 g/mol. The number of hydrogen-bond donors (Lipinski definition) is 0. The second-order valence-electron chi connectivity index (χ2n) is 6.32. The Morgan fingerprint density at radius 1 is 1.19 bits per heavy atom. The largest absolute Gasteiger partial charge is 0.261 e. The van der Waals surface area contributed by atoms with Crippen LogP contribution < -0.4 is 0 Å². The Morgan fingerprint density at radius 2 is 2.04 bits per heavy atom. The molecule has 0 atom stereocenters. The van der Waals surface area contributed by atoms with Crippen molar-refractivity contribution >= 4 is 53.3 Å². The molecule has 5 aromatic heterocycles. The van der Waals surface area contributed by atoms with E-state index >= 15 is 0 Å². The fraction of sp³-hybridized carbons (Fsp3) is 0.235. The van der Waals surface area contributed by atoms with Crippen LogP contribution in [0.3, 0.4) is 0 Å². The second kappa shape index (κ2) is 5.55. The van der Waals surface area contributed by atoms with E-state index in [0.717, 1.165) is 41.9 Å². The molecule has 0 saturated heterocycles. The first-order valence-electron chi connectivity index (χ1n) is 8.10. The van der Waals surface area contributed by atoms with Gasteiger partial charge in [-0.25, -0.2) is 19.5 Å². The number of hydrogen-bond acceptors (Lipinski definition) is 6. The van der Waals surface area contributed by atoms with Crippen LogP contribution in [-0.2, 0) is 6.54 Å². The van der Waals surface area contributed by atoms with E-state index in [9.17, 15) is 0 Å². The lowest BCUT2D eigenvalue weighted by Crippen LogP contribution is -2.05. The highest BCUT2D eigenvalue weighted by Gasteiger charge is 2.17. The number of rotatable bonds is 2. The Balaban J connectivity index is 1.71. The molecule has 0 saturated carbocycles. The Morgan fingerprint density at radius 3 is 2.81 bits per heavy atom. The lowest BCUT2D eigenvalue weighted by molar-refractivity contribution is 0.635. The fourth-order valence-corrected chi connectivity index (χ4v) is 4.72. The molecule has 0 bridgehead atoms. The summed E-state index contributed by atoms with van der Waals surface area (Å²) in [5.74, 6) is 0.705. The molecule has 0 aromatic carbocycles. The van der Waals surface area contributed by atoms with Crippen LogP contribution in [0, 0.1) is 20.8 Å². The number of halogens is 1. The van der Waals surface area contributed by atoms with E-state index in [1.807, 2.05) is 18.5 Å². The van der Waals surface area contributed by atoms with Crippen LogP contribution in [0.15, 0.2) is 23.1 Å². The topological polar surface area (TPSA) is 73.8 Å². The van der Waals surface area contributed by atoms with Crippen molar-refractivity contribution in [3.05, 3.63) is 45.8 Å². The maximum atomic E-state index is 4.75. The molecule has 5 aromatic rings. The van der Waals surface area contributed by atoms with Crippen molar-refractivity contribution in [2.24, 2.45) is 0 Å². The standard InChI is InChI=1S/C17H14BrN7S/c1-8-4-9(2)21-17-13(8)14-15(26-17)16-22-12(23-25(16)7-19-14)6-24-10(3)11(18)5-20-24/h4-5,7H,6H2,1-3H3. The van der Waals surface area contributed by atoms with Crippen molar-refractivity contribution in [3.63, 3.8) is 0 Å². The van der Waals surface area contributed by atoms with Gasteiger partial charge in [0.2, 0.25) is 0 Å². The van der Waals surface area contributed by atoms with Gasteiger partial charge in [0.1, 0.15) is 22.4 Å². The zero-order chi connectivity index (χ0) is 18.0. The molecule has 0 N–H and O–H groups in total. The SMILES string of the molecule is Cc1cc(C)c2c(n1)sc1c2ncn2nc(Cn3ncc(Br)c3C)nc12. The van der Waals surface area contributed by atoms with Crippen LogP contribution in [0.1, 0.15) is 22.8 Å². The van der Waals surface area contributed by atoms with Gasteiger partial charge < -0.3 is 0 Å². The third-order valence-corrected chi connectivity index (χ3v) is 6.32. The molecule has 5 rings (SSSR count). The van der Waals surface area contributed by atoms with Crippen LogP contribution in [0.4, 0.5) is 0 Å². The van der Waals surface area contributed by atoms with Gasteiger partial charge in [0, 0.05) is 11.1 Å². The first kappa shape index (κ1) is 15.8.